The smallest absolute Gasteiger partial charge is 0.204 e. The van der Waals surface area contributed by atoms with Gasteiger partial charge < -0.3 is 15.6 Å². The average molecular weight is 216 g/mol. The second-order valence-electron chi connectivity index (χ2n) is 4.28. The Hall–Kier alpha value is -1.55. The molecule has 0 spiro atoms. The summed E-state index contributed by atoms with van der Waals surface area (Å²) in [6, 6.07) is 8.81. The summed E-state index contributed by atoms with van der Waals surface area (Å²) in [5.74, 6) is 0.967. The maximum atomic E-state index is 5.65. The van der Waals surface area contributed by atoms with Crippen LogP contribution in [0.4, 0.5) is 5.95 Å². The number of nitrogens with two attached hydrogens (primary N) is 1. The predicted molar refractivity (Wildman–Crippen MR) is 65.4 cm³/mol. The minimum absolute atomic E-state index is 0.619. The van der Waals surface area contributed by atoms with Gasteiger partial charge in [0.15, 0.2) is 0 Å². The van der Waals surface area contributed by atoms with Crippen LogP contribution >= 0.6 is 0 Å². The first-order valence-electron chi connectivity index (χ1n) is 5.80. The molecule has 1 aromatic heterocycles. The van der Waals surface area contributed by atoms with E-state index in [1.54, 1.807) is 0 Å². The van der Waals surface area contributed by atoms with Crippen molar-refractivity contribution in [1.82, 2.24) is 9.55 Å². The van der Waals surface area contributed by atoms with E-state index in [4.69, 9.17) is 5.73 Å². The number of para-hydroxylation sites is 2. The molecule has 4 heteroatoms. The van der Waals surface area contributed by atoms with Crippen LogP contribution in [-0.2, 0) is 6.54 Å². The van der Waals surface area contributed by atoms with Crippen LogP contribution in [0.15, 0.2) is 24.3 Å². The largest absolute Gasteiger partial charge is 0.353 e. The molecule has 2 aromatic rings. The molecule has 1 aliphatic carbocycles. The van der Waals surface area contributed by atoms with Gasteiger partial charge in [-0.05, 0) is 25.0 Å². The summed E-state index contributed by atoms with van der Waals surface area (Å²) in [5.41, 5.74) is 7.85. The van der Waals surface area contributed by atoms with Crippen LogP contribution in [0, 0.1) is 0 Å². The highest BCUT2D eigenvalue weighted by Crippen LogP contribution is 2.26. The SMILES string of the molecule is NCCn1c(NC2CC2)nc2ccccc21. The van der Waals surface area contributed by atoms with Crippen molar-refractivity contribution in [1.29, 1.82) is 0 Å². The van der Waals surface area contributed by atoms with Gasteiger partial charge in [-0.3, -0.25) is 0 Å². The second kappa shape index (κ2) is 3.79. The molecule has 0 bridgehead atoms. The van der Waals surface area contributed by atoms with Crippen molar-refractivity contribution in [3.63, 3.8) is 0 Å². The van der Waals surface area contributed by atoms with E-state index in [0.29, 0.717) is 12.6 Å². The molecular formula is C12H16N4. The summed E-state index contributed by atoms with van der Waals surface area (Å²) in [6.45, 7) is 1.45. The Kier molecular flexibility index (Phi) is 2.29. The molecule has 0 aliphatic heterocycles. The number of hydrogen-bond acceptors (Lipinski definition) is 3. The van der Waals surface area contributed by atoms with E-state index in [9.17, 15) is 0 Å². The van der Waals surface area contributed by atoms with Gasteiger partial charge in [-0.1, -0.05) is 12.1 Å². The third-order valence-electron chi connectivity index (χ3n) is 2.92. The van der Waals surface area contributed by atoms with Crippen molar-refractivity contribution >= 4 is 17.0 Å². The van der Waals surface area contributed by atoms with Crippen LogP contribution in [0.5, 0.6) is 0 Å². The first-order valence-corrected chi connectivity index (χ1v) is 5.80. The first kappa shape index (κ1) is 9.66. The molecule has 1 heterocycles. The van der Waals surface area contributed by atoms with Crippen molar-refractivity contribution < 1.29 is 0 Å². The number of hydrogen-bond donors (Lipinski definition) is 2. The molecule has 1 aromatic carbocycles. The van der Waals surface area contributed by atoms with Crippen LogP contribution < -0.4 is 11.1 Å². The highest BCUT2D eigenvalue weighted by atomic mass is 15.2. The van der Waals surface area contributed by atoms with E-state index in [1.807, 2.05) is 18.2 Å². The zero-order chi connectivity index (χ0) is 11.0. The van der Waals surface area contributed by atoms with Gasteiger partial charge in [0.2, 0.25) is 5.95 Å². The zero-order valence-electron chi connectivity index (χ0n) is 9.19. The lowest BCUT2D eigenvalue weighted by Gasteiger charge is -2.08. The van der Waals surface area contributed by atoms with E-state index >= 15 is 0 Å². The van der Waals surface area contributed by atoms with Gasteiger partial charge in [-0.2, -0.15) is 0 Å². The molecular weight excluding hydrogens is 200 g/mol. The molecule has 84 valence electrons. The Labute approximate surface area is 94.5 Å². The molecule has 0 amide bonds. The van der Waals surface area contributed by atoms with E-state index in [0.717, 1.165) is 23.5 Å². The number of nitrogens with one attached hydrogen (secondary N) is 1. The molecule has 0 unspecified atom stereocenters. The predicted octanol–water partition coefficient (Wildman–Crippen LogP) is 1.57. The van der Waals surface area contributed by atoms with Gasteiger partial charge in [0, 0.05) is 19.1 Å². The summed E-state index contributed by atoms with van der Waals surface area (Å²) in [7, 11) is 0. The van der Waals surface area contributed by atoms with Crippen molar-refractivity contribution in [3.05, 3.63) is 24.3 Å². The molecule has 1 fully saturated rings. The van der Waals surface area contributed by atoms with Gasteiger partial charge in [0.05, 0.1) is 11.0 Å². The van der Waals surface area contributed by atoms with Crippen molar-refractivity contribution in [2.24, 2.45) is 5.73 Å². The van der Waals surface area contributed by atoms with E-state index in [1.165, 1.54) is 12.8 Å². The van der Waals surface area contributed by atoms with E-state index in [-0.39, 0.29) is 0 Å². The first-order chi connectivity index (χ1) is 7.88. The molecule has 3 rings (SSSR count). The normalized spacial score (nSPS) is 15.6. The lowest BCUT2D eigenvalue weighted by atomic mass is 10.3. The molecule has 1 saturated carbocycles. The monoisotopic (exact) mass is 216 g/mol. The quantitative estimate of drug-likeness (QED) is 0.815. The number of nitrogens with zero attached hydrogens (tertiary/aromatic N) is 2. The van der Waals surface area contributed by atoms with Gasteiger partial charge in [-0.15, -0.1) is 0 Å². The number of imidazole rings is 1. The minimum Gasteiger partial charge on any atom is -0.353 e. The fourth-order valence-corrected chi connectivity index (χ4v) is 1.95. The van der Waals surface area contributed by atoms with Crippen LogP contribution in [0.25, 0.3) is 11.0 Å². The maximum Gasteiger partial charge on any atom is 0.204 e. The van der Waals surface area contributed by atoms with Crippen molar-refractivity contribution in [3.8, 4) is 0 Å². The Morgan fingerprint density at radius 2 is 2.19 bits per heavy atom. The van der Waals surface area contributed by atoms with Gasteiger partial charge in [0.1, 0.15) is 0 Å². The standard InChI is InChI=1S/C12H16N4/c13-7-8-16-11-4-2-1-3-10(11)15-12(16)14-9-5-6-9/h1-4,9H,5-8,13H2,(H,14,15). The minimum atomic E-state index is 0.619. The Bertz CT molecular complexity index is 499. The van der Waals surface area contributed by atoms with Crippen LogP contribution in [0.2, 0.25) is 0 Å². The Morgan fingerprint density at radius 1 is 1.38 bits per heavy atom. The highest BCUT2D eigenvalue weighted by Gasteiger charge is 2.23. The molecule has 0 saturated heterocycles. The summed E-state index contributed by atoms with van der Waals surface area (Å²) in [5, 5.41) is 3.46. The topological polar surface area (TPSA) is 55.9 Å². The number of fused-ring (bicyclic) bond motifs is 1. The van der Waals surface area contributed by atoms with Crippen LogP contribution in [-0.4, -0.2) is 22.1 Å². The molecule has 0 radical (unpaired) electrons. The fourth-order valence-electron chi connectivity index (χ4n) is 1.95. The third-order valence-corrected chi connectivity index (χ3v) is 2.92. The number of aromatic nitrogens is 2. The van der Waals surface area contributed by atoms with Crippen LogP contribution in [0.3, 0.4) is 0 Å². The van der Waals surface area contributed by atoms with Gasteiger partial charge >= 0.3 is 0 Å². The highest BCUT2D eigenvalue weighted by molar-refractivity contribution is 5.78. The molecule has 1 aliphatic rings. The summed E-state index contributed by atoms with van der Waals surface area (Å²) >= 11 is 0. The molecule has 16 heavy (non-hydrogen) atoms. The molecule has 3 N–H and O–H groups in total. The Morgan fingerprint density at radius 3 is 2.94 bits per heavy atom. The molecule has 0 atom stereocenters. The van der Waals surface area contributed by atoms with Crippen molar-refractivity contribution in [2.75, 3.05) is 11.9 Å². The van der Waals surface area contributed by atoms with Crippen molar-refractivity contribution in [2.45, 2.75) is 25.4 Å². The number of rotatable bonds is 4. The second-order valence-corrected chi connectivity index (χ2v) is 4.28. The van der Waals surface area contributed by atoms with Gasteiger partial charge in [0.25, 0.3) is 0 Å². The lowest BCUT2D eigenvalue weighted by molar-refractivity contribution is 0.730. The molecule has 4 nitrogen and oxygen atoms in total. The maximum absolute atomic E-state index is 5.65. The number of anilines is 1. The average Bonchev–Trinajstić information content (AvgIpc) is 3.04. The summed E-state index contributed by atoms with van der Waals surface area (Å²) in [4.78, 5) is 4.61. The zero-order valence-corrected chi connectivity index (χ0v) is 9.19. The summed E-state index contributed by atoms with van der Waals surface area (Å²) in [6.07, 6.45) is 2.51. The number of benzene rings is 1. The summed E-state index contributed by atoms with van der Waals surface area (Å²) < 4.78 is 2.17. The fraction of sp³-hybridized carbons (Fsp3) is 0.417. The third kappa shape index (κ3) is 1.65. The van der Waals surface area contributed by atoms with Gasteiger partial charge in [-0.25, -0.2) is 4.98 Å². The van der Waals surface area contributed by atoms with E-state index in [2.05, 4.69) is 20.9 Å². The van der Waals surface area contributed by atoms with Crippen LogP contribution in [0.1, 0.15) is 12.8 Å². The lowest BCUT2D eigenvalue weighted by Crippen LogP contribution is -2.14. The Balaban J connectivity index is 2.05. The van der Waals surface area contributed by atoms with E-state index < -0.39 is 0 Å².